The van der Waals surface area contributed by atoms with Gasteiger partial charge in [-0.2, -0.15) is 0 Å². The van der Waals surface area contributed by atoms with Gasteiger partial charge in [0.15, 0.2) is 0 Å². The number of pyridine rings is 1. The van der Waals surface area contributed by atoms with Gasteiger partial charge < -0.3 is 15.5 Å². The number of aromatic nitrogens is 1. The van der Waals surface area contributed by atoms with Crippen molar-refractivity contribution in [3.05, 3.63) is 51.9 Å². The molecule has 2 aliphatic rings. The summed E-state index contributed by atoms with van der Waals surface area (Å²) in [4.78, 5) is 23.7. The topological polar surface area (TPSA) is 63.7 Å². The van der Waals surface area contributed by atoms with Gasteiger partial charge in [0.25, 0.3) is 0 Å². The number of hydrogen-bond donors (Lipinski definition) is 2. The summed E-state index contributed by atoms with van der Waals surface area (Å²) < 4.78 is 14.3. The molecule has 0 radical (unpaired) electrons. The molecular weight excluding hydrogens is 514 g/mol. The molecule has 2 amide bonds. The quantitative estimate of drug-likeness (QED) is 0.446. The molecule has 202 valence electrons. The summed E-state index contributed by atoms with van der Waals surface area (Å²) in [6.45, 7) is 9.87. The van der Waals surface area contributed by atoms with Crippen molar-refractivity contribution in [3.8, 4) is 0 Å². The summed E-state index contributed by atoms with van der Waals surface area (Å²) in [6.07, 6.45) is 6.04. The van der Waals surface area contributed by atoms with Crippen molar-refractivity contribution in [3.63, 3.8) is 0 Å². The first-order valence-corrected chi connectivity index (χ1v) is 14.0. The van der Waals surface area contributed by atoms with Crippen molar-refractivity contribution >= 4 is 40.7 Å². The lowest BCUT2D eigenvalue weighted by Crippen LogP contribution is -2.58. The summed E-state index contributed by atoms with van der Waals surface area (Å²) >= 11 is 12.5. The summed E-state index contributed by atoms with van der Waals surface area (Å²) in [5.74, 6) is 0.540. The number of nitrogens with one attached hydrogen (secondary N) is 2. The second-order valence-corrected chi connectivity index (χ2v) is 10.7. The van der Waals surface area contributed by atoms with E-state index in [9.17, 15) is 9.18 Å². The Morgan fingerprint density at radius 1 is 1.14 bits per heavy atom. The predicted molar refractivity (Wildman–Crippen MR) is 149 cm³/mol. The number of benzene rings is 1. The van der Waals surface area contributed by atoms with E-state index in [1.54, 1.807) is 24.4 Å². The van der Waals surface area contributed by atoms with Crippen LogP contribution in [0.1, 0.15) is 45.1 Å². The van der Waals surface area contributed by atoms with E-state index in [0.717, 1.165) is 64.2 Å². The third-order valence-electron chi connectivity index (χ3n) is 7.30. The number of piperidine rings is 1. The molecule has 2 N–H and O–H groups in total. The van der Waals surface area contributed by atoms with Crippen molar-refractivity contribution in [2.24, 2.45) is 0 Å². The zero-order chi connectivity index (χ0) is 26.4. The summed E-state index contributed by atoms with van der Waals surface area (Å²) in [6, 6.07) is 7.39. The van der Waals surface area contributed by atoms with E-state index in [4.69, 9.17) is 23.2 Å². The molecule has 0 bridgehead atoms. The number of carbonyl (C=O) groups excluding carboxylic acids is 1. The number of likely N-dealkylation sites (tertiary alicyclic amines) is 1. The Kier molecular flexibility index (Phi) is 9.87. The number of piperazine rings is 1. The van der Waals surface area contributed by atoms with E-state index in [1.165, 1.54) is 6.07 Å². The van der Waals surface area contributed by atoms with Crippen LogP contribution in [0.25, 0.3) is 0 Å². The minimum atomic E-state index is -0.269. The highest BCUT2D eigenvalue weighted by Crippen LogP contribution is 2.31. The Labute approximate surface area is 229 Å². The highest BCUT2D eigenvalue weighted by Gasteiger charge is 2.34. The number of hydrogen-bond acceptors (Lipinski definition) is 5. The van der Waals surface area contributed by atoms with E-state index < -0.39 is 0 Å². The fraction of sp³-hybridized carbons (Fsp3) is 0.556. The first kappa shape index (κ1) is 27.9. The van der Waals surface area contributed by atoms with Crippen LogP contribution >= 0.6 is 23.2 Å². The average molecular weight is 552 g/mol. The van der Waals surface area contributed by atoms with Crippen molar-refractivity contribution in [1.29, 1.82) is 0 Å². The van der Waals surface area contributed by atoms with Gasteiger partial charge in [-0.05, 0) is 57.5 Å². The van der Waals surface area contributed by atoms with E-state index in [1.807, 2.05) is 6.92 Å². The Bertz CT molecular complexity index is 1070. The molecule has 0 unspecified atom stereocenters. The second-order valence-electron chi connectivity index (χ2n) is 9.88. The van der Waals surface area contributed by atoms with Crippen LogP contribution in [0.15, 0.2) is 30.5 Å². The predicted octanol–water partition coefficient (Wildman–Crippen LogP) is 5.62. The van der Waals surface area contributed by atoms with Crippen LogP contribution < -0.4 is 15.5 Å². The van der Waals surface area contributed by atoms with Gasteiger partial charge in [-0.3, -0.25) is 9.80 Å². The summed E-state index contributed by atoms with van der Waals surface area (Å²) in [5.41, 5.74) is 1.28. The van der Waals surface area contributed by atoms with Gasteiger partial charge >= 0.3 is 6.03 Å². The van der Waals surface area contributed by atoms with Crippen molar-refractivity contribution in [2.75, 3.05) is 49.5 Å². The summed E-state index contributed by atoms with van der Waals surface area (Å²) in [7, 11) is 0. The first-order valence-electron chi connectivity index (χ1n) is 13.2. The average Bonchev–Trinajstić information content (AvgIpc) is 2.87. The molecule has 7 nitrogen and oxygen atoms in total. The fourth-order valence-electron chi connectivity index (χ4n) is 5.50. The maximum absolute atomic E-state index is 14.3. The molecular formula is C27H37Cl2FN6O. The number of nitrogens with zero attached hydrogens (tertiary/aromatic N) is 4. The van der Waals surface area contributed by atoms with Crippen LogP contribution in [0.2, 0.25) is 10.0 Å². The molecule has 10 heteroatoms. The van der Waals surface area contributed by atoms with E-state index in [0.29, 0.717) is 46.5 Å². The standard InChI is InChI=1S/C27H37Cl2FN6O/c1-3-5-23-18-35(26-24(29)15-21(16-32-26)33-27(37)31-4-2)12-13-36(23)22-8-10-34(11-9-22)17-19-6-7-20(28)14-25(19)30/h6-7,14-16,22-23H,3-5,8-13,17-18H2,1-2H3,(H2,31,33,37)/t23-/m0/s1. The van der Waals surface area contributed by atoms with Gasteiger partial charge in [0, 0.05) is 55.4 Å². The molecule has 37 heavy (non-hydrogen) atoms. The van der Waals surface area contributed by atoms with Gasteiger partial charge in [0.05, 0.1) is 16.9 Å². The third-order valence-corrected chi connectivity index (χ3v) is 7.82. The lowest BCUT2D eigenvalue weighted by molar-refractivity contribution is 0.0587. The fourth-order valence-corrected chi connectivity index (χ4v) is 5.94. The zero-order valence-corrected chi connectivity index (χ0v) is 23.2. The molecule has 0 saturated carbocycles. The Balaban J connectivity index is 1.35. The van der Waals surface area contributed by atoms with Crippen molar-refractivity contribution in [2.45, 2.75) is 58.2 Å². The van der Waals surface area contributed by atoms with Crippen LogP contribution in [0.3, 0.4) is 0 Å². The molecule has 2 saturated heterocycles. The molecule has 4 rings (SSSR count). The summed E-state index contributed by atoms with van der Waals surface area (Å²) in [5, 5.41) is 6.44. The Morgan fingerprint density at radius 3 is 2.59 bits per heavy atom. The van der Waals surface area contributed by atoms with Crippen LogP contribution in [-0.2, 0) is 6.54 Å². The normalized spacial score (nSPS) is 19.7. The van der Waals surface area contributed by atoms with E-state index in [2.05, 4.69) is 37.2 Å². The molecule has 2 aromatic rings. The highest BCUT2D eigenvalue weighted by atomic mass is 35.5. The molecule has 1 aromatic heterocycles. The molecule has 0 aliphatic carbocycles. The van der Waals surface area contributed by atoms with Gasteiger partial charge in [-0.15, -0.1) is 0 Å². The minimum Gasteiger partial charge on any atom is -0.353 e. The lowest BCUT2D eigenvalue weighted by atomic mass is 9.97. The van der Waals surface area contributed by atoms with Gasteiger partial charge in [-0.25, -0.2) is 14.2 Å². The SMILES string of the molecule is CCC[C@H]1CN(c2ncc(NC(=O)NCC)cc2Cl)CCN1C1CCN(Cc2ccc(Cl)cc2F)CC1. The number of urea groups is 1. The lowest BCUT2D eigenvalue weighted by Gasteiger charge is -2.48. The van der Waals surface area contributed by atoms with Crippen LogP contribution in [0.4, 0.5) is 20.7 Å². The third kappa shape index (κ3) is 7.25. The van der Waals surface area contributed by atoms with Gasteiger partial charge in [0.1, 0.15) is 11.6 Å². The number of amides is 2. The zero-order valence-electron chi connectivity index (χ0n) is 21.7. The minimum absolute atomic E-state index is 0.228. The Hall–Kier alpha value is -2.13. The maximum atomic E-state index is 14.3. The van der Waals surface area contributed by atoms with E-state index >= 15 is 0 Å². The van der Waals surface area contributed by atoms with Crippen LogP contribution in [-0.4, -0.2) is 72.2 Å². The Morgan fingerprint density at radius 2 is 1.92 bits per heavy atom. The molecule has 2 fully saturated rings. The van der Waals surface area contributed by atoms with Crippen LogP contribution in [0, 0.1) is 5.82 Å². The molecule has 3 heterocycles. The number of carbonyl (C=O) groups is 1. The van der Waals surface area contributed by atoms with Crippen LogP contribution in [0.5, 0.6) is 0 Å². The number of anilines is 2. The smallest absolute Gasteiger partial charge is 0.319 e. The molecule has 0 spiro atoms. The molecule has 1 atom stereocenters. The van der Waals surface area contributed by atoms with Crippen molar-refractivity contribution in [1.82, 2.24) is 20.1 Å². The monoisotopic (exact) mass is 550 g/mol. The molecule has 1 aromatic carbocycles. The van der Waals surface area contributed by atoms with E-state index in [-0.39, 0.29) is 11.8 Å². The molecule has 2 aliphatic heterocycles. The van der Waals surface area contributed by atoms with Crippen molar-refractivity contribution < 1.29 is 9.18 Å². The second kappa shape index (κ2) is 13.1. The van der Waals surface area contributed by atoms with Gasteiger partial charge in [0.2, 0.25) is 0 Å². The highest BCUT2D eigenvalue weighted by molar-refractivity contribution is 6.33. The largest absolute Gasteiger partial charge is 0.353 e. The maximum Gasteiger partial charge on any atom is 0.319 e. The number of halogens is 3. The van der Waals surface area contributed by atoms with Gasteiger partial charge in [-0.1, -0.05) is 42.6 Å². The number of rotatable bonds is 8. The first-order chi connectivity index (χ1) is 17.9.